The van der Waals surface area contributed by atoms with E-state index in [-0.39, 0.29) is 11.5 Å². The summed E-state index contributed by atoms with van der Waals surface area (Å²) < 4.78 is 30.0. The molecule has 17 heavy (non-hydrogen) atoms. The molecule has 0 spiro atoms. The minimum Gasteiger partial charge on any atom is -0.383 e. The van der Waals surface area contributed by atoms with Crippen LogP contribution in [0.15, 0.2) is 35.2 Å². The Bertz CT molecular complexity index is 472. The Hall–Kier alpha value is -1.44. The van der Waals surface area contributed by atoms with Crippen LogP contribution in [0.5, 0.6) is 0 Å². The Morgan fingerprint density at radius 1 is 1.41 bits per heavy atom. The summed E-state index contributed by atoms with van der Waals surface area (Å²) >= 11 is 0. The van der Waals surface area contributed by atoms with E-state index in [1.165, 1.54) is 19.2 Å². The summed E-state index contributed by atoms with van der Waals surface area (Å²) in [5.74, 6) is -0.796. The van der Waals surface area contributed by atoms with Gasteiger partial charge in [0.15, 0.2) is 0 Å². The van der Waals surface area contributed by atoms with Gasteiger partial charge in [-0.2, -0.15) is 0 Å². The molecule has 0 fully saturated rings. The topological polar surface area (TPSA) is 98.5 Å². The van der Waals surface area contributed by atoms with Crippen molar-refractivity contribution in [2.45, 2.75) is 10.9 Å². The van der Waals surface area contributed by atoms with Crippen LogP contribution in [-0.2, 0) is 19.6 Å². The Morgan fingerprint density at radius 3 is 2.53 bits per heavy atom. The number of amides is 1. The molecule has 7 heteroatoms. The fraction of sp³-hybridized carbons (Fsp3) is 0.300. The molecule has 1 aromatic rings. The highest BCUT2D eigenvalue weighted by molar-refractivity contribution is 7.90. The lowest BCUT2D eigenvalue weighted by molar-refractivity contribution is -0.121. The Morgan fingerprint density at radius 2 is 2.00 bits per heavy atom. The zero-order valence-electron chi connectivity index (χ0n) is 9.29. The van der Waals surface area contributed by atoms with Gasteiger partial charge in [-0.1, -0.05) is 18.2 Å². The molecule has 0 aliphatic carbocycles. The Balaban J connectivity index is 2.78. The van der Waals surface area contributed by atoms with Crippen molar-refractivity contribution in [3.05, 3.63) is 30.3 Å². The summed E-state index contributed by atoms with van der Waals surface area (Å²) in [7, 11) is -2.48. The van der Waals surface area contributed by atoms with Gasteiger partial charge in [0.2, 0.25) is 0 Å². The zero-order chi connectivity index (χ0) is 12.9. The van der Waals surface area contributed by atoms with Gasteiger partial charge in [-0.3, -0.25) is 4.79 Å². The maximum atomic E-state index is 11.7. The molecule has 1 amide bonds. The van der Waals surface area contributed by atoms with Crippen molar-refractivity contribution in [3.63, 3.8) is 0 Å². The SMILES string of the molecule is COCC(N)C(=O)NS(=O)(=O)c1ccccc1. The van der Waals surface area contributed by atoms with E-state index in [0.717, 1.165) is 0 Å². The van der Waals surface area contributed by atoms with E-state index in [9.17, 15) is 13.2 Å². The predicted octanol–water partition coefficient (Wildman–Crippen LogP) is -0.535. The summed E-state index contributed by atoms with van der Waals surface area (Å²) in [6.45, 7) is -0.0455. The van der Waals surface area contributed by atoms with Crippen LogP contribution >= 0.6 is 0 Å². The third-order valence-corrected chi connectivity index (χ3v) is 3.33. The van der Waals surface area contributed by atoms with Crippen molar-refractivity contribution in [1.82, 2.24) is 4.72 Å². The van der Waals surface area contributed by atoms with E-state index in [4.69, 9.17) is 5.73 Å². The summed E-state index contributed by atoms with van der Waals surface area (Å²) in [4.78, 5) is 11.4. The van der Waals surface area contributed by atoms with Gasteiger partial charge >= 0.3 is 0 Å². The number of methoxy groups -OCH3 is 1. The molecule has 0 bridgehead atoms. The average Bonchev–Trinajstić information content (AvgIpc) is 2.30. The molecule has 1 unspecified atom stereocenters. The summed E-state index contributed by atoms with van der Waals surface area (Å²) in [5.41, 5.74) is 5.41. The van der Waals surface area contributed by atoms with Crippen LogP contribution in [0.4, 0.5) is 0 Å². The second-order valence-corrected chi connectivity index (χ2v) is 5.03. The van der Waals surface area contributed by atoms with Crippen LogP contribution in [0, 0.1) is 0 Å². The highest BCUT2D eigenvalue weighted by Gasteiger charge is 2.21. The molecular weight excluding hydrogens is 244 g/mol. The number of carbonyl (C=O) groups is 1. The number of rotatable bonds is 5. The van der Waals surface area contributed by atoms with E-state index >= 15 is 0 Å². The summed E-state index contributed by atoms with van der Waals surface area (Å²) in [5, 5.41) is 0. The maximum absolute atomic E-state index is 11.7. The molecule has 0 saturated carbocycles. The molecule has 94 valence electrons. The van der Waals surface area contributed by atoms with Gasteiger partial charge in [0.25, 0.3) is 15.9 Å². The van der Waals surface area contributed by atoms with E-state index in [1.807, 2.05) is 4.72 Å². The number of nitrogens with two attached hydrogens (primary N) is 1. The fourth-order valence-electron chi connectivity index (χ4n) is 1.12. The molecule has 1 atom stereocenters. The van der Waals surface area contributed by atoms with E-state index in [2.05, 4.69) is 4.74 Å². The first kappa shape index (κ1) is 13.6. The predicted molar refractivity (Wildman–Crippen MR) is 61.6 cm³/mol. The Labute approximate surface area is 99.8 Å². The van der Waals surface area contributed by atoms with E-state index < -0.39 is 22.0 Å². The lowest BCUT2D eigenvalue weighted by Gasteiger charge is -2.11. The number of hydrogen-bond acceptors (Lipinski definition) is 5. The van der Waals surface area contributed by atoms with Crippen molar-refractivity contribution in [3.8, 4) is 0 Å². The third kappa shape index (κ3) is 3.81. The highest BCUT2D eigenvalue weighted by atomic mass is 32.2. The van der Waals surface area contributed by atoms with Crippen LogP contribution in [0.25, 0.3) is 0 Å². The first-order valence-electron chi connectivity index (χ1n) is 4.83. The van der Waals surface area contributed by atoms with Crippen LogP contribution < -0.4 is 10.5 Å². The largest absolute Gasteiger partial charge is 0.383 e. The van der Waals surface area contributed by atoms with Crippen molar-refractivity contribution < 1.29 is 17.9 Å². The van der Waals surface area contributed by atoms with Gasteiger partial charge in [0.1, 0.15) is 6.04 Å². The standard InChI is InChI=1S/C10H14N2O4S/c1-16-7-9(11)10(13)12-17(14,15)8-5-3-2-4-6-8/h2-6,9H,7,11H2,1H3,(H,12,13). The lowest BCUT2D eigenvalue weighted by Crippen LogP contribution is -2.45. The number of ether oxygens (including phenoxy) is 1. The smallest absolute Gasteiger partial charge is 0.264 e. The molecule has 1 rings (SSSR count). The molecule has 0 heterocycles. The molecule has 6 nitrogen and oxygen atoms in total. The third-order valence-electron chi connectivity index (χ3n) is 1.97. The number of sulfonamides is 1. The fourth-order valence-corrected chi connectivity index (χ4v) is 2.17. The minimum atomic E-state index is -3.86. The van der Waals surface area contributed by atoms with E-state index in [1.54, 1.807) is 18.2 Å². The van der Waals surface area contributed by atoms with Gasteiger partial charge in [-0.25, -0.2) is 13.1 Å². The zero-order valence-corrected chi connectivity index (χ0v) is 10.1. The van der Waals surface area contributed by atoms with Crippen molar-refractivity contribution in [1.29, 1.82) is 0 Å². The van der Waals surface area contributed by atoms with Crippen molar-refractivity contribution >= 4 is 15.9 Å². The van der Waals surface area contributed by atoms with Crippen LogP contribution in [0.1, 0.15) is 0 Å². The number of nitrogens with one attached hydrogen (secondary N) is 1. The van der Waals surface area contributed by atoms with Crippen LogP contribution in [0.2, 0.25) is 0 Å². The van der Waals surface area contributed by atoms with Gasteiger partial charge < -0.3 is 10.5 Å². The second kappa shape index (κ2) is 5.76. The monoisotopic (exact) mass is 258 g/mol. The molecular formula is C10H14N2O4S. The lowest BCUT2D eigenvalue weighted by atomic mass is 10.3. The van der Waals surface area contributed by atoms with Crippen LogP contribution in [0.3, 0.4) is 0 Å². The quantitative estimate of drug-likeness (QED) is 0.739. The first-order valence-corrected chi connectivity index (χ1v) is 6.32. The molecule has 0 radical (unpaired) electrons. The molecule has 1 aromatic carbocycles. The summed E-state index contributed by atoms with van der Waals surface area (Å²) in [6, 6.07) is 6.56. The van der Waals surface area contributed by atoms with Gasteiger partial charge in [0.05, 0.1) is 11.5 Å². The number of carbonyl (C=O) groups excluding carboxylic acids is 1. The minimum absolute atomic E-state index is 0.0120. The van der Waals surface area contributed by atoms with Crippen LogP contribution in [-0.4, -0.2) is 34.1 Å². The molecule has 3 N–H and O–H groups in total. The highest BCUT2D eigenvalue weighted by Crippen LogP contribution is 2.06. The second-order valence-electron chi connectivity index (χ2n) is 3.34. The van der Waals surface area contributed by atoms with Crippen molar-refractivity contribution in [2.24, 2.45) is 5.73 Å². The molecule has 0 saturated heterocycles. The maximum Gasteiger partial charge on any atom is 0.264 e. The van der Waals surface area contributed by atoms with E-state index in [0.29, 0.717) is 0 Å². The van der Waals surface area contributed by atoms with Gasteiger partial charge in [0, 0.05) is 7.11 Å². The molecule has 0 aliphatic heterocycles. The summed E-state index contributed by atoms with van der Waals surface area (Å²) in [6.07, 6.45) is 0. The Kier molecular flexibility index (Phi) is 4.62. The number of benzene rings is 1. The molecule has 0 aliphatic rings. The van der Waals surface area contributed by atoms with Gasteiger partial charge in [-0.15, -0.1) is 0 Å². The molecule has 0 aromatic heterocycles. The number of hydrogen-bond donors (Lipinski definition) is 2. The van der Waals surface area contributed by atoms with Crippen molar-refractivity contribution in [2.75, 3.05) is 13.7 Å². The normalized spacial score (nSPS) is 13.1. The average molecular weight is 258 g/mol. The first-order chi connectivity index (χ1) is 7.97. The van der Waals surface area contributed by atoms with Gasteiger partial charge in [-0.05, 0) is 12.1 Å².